The standard InChI is InChI=1S/C19H24N4O4/c1-13-10-15(22-19(21-13)23-6-8-27-9-7-23)18(24)20-12-14-4-5-16(25-2)17(11-14)26-3/h4-5,10-11H,6-9,12H2,1-3H3,(H,20,24). The van der Waals surface area contributed by atoms with Crippen LogP contribution in [0.2, 0.25) is 0 Å². The molecule has 1 fully saturated rings. The second kappa shape index (κ2) is 8.68. The highest BCUT2D eigenvalue weighted by Crippen LogP contribution is 2.27. The van der Waals surface area contributed by atoms with Crippen LogP contribution in [0.5, 0.6) is 11.5 Å². The molecule has 1 saturated heterocycles. The highest BCUT2D eigenvalue weighted by Gasteiger charge is 2.17. The van der Waals surface area contributed by atoms with Crippen LogP contribution in [0, 0.1) is 6.92 Å². The van der Waals surface area contributed by atoms with E-state index in [0.29, 0.717) is 42.9 Å². The lowest BCUT2D eigenvalue weighted by atomic mass is 10.2. The molecule has 1 aromatic carbocycles. The van der Waals surface area contributed by atoms with E-state index in [9.17, 15) is 4.79 Å². The van der Waals surface area contributed by atoms with Crippen LogP contribution in [-0.4, -0.2) is 56.4 Å². The highest BCUT2D eigenvalue weighted by atomic mass is 16.5. The fraction of sp³-hybridized carbons (Fsp3) is 0.421. The third-order valence-corrected chi connectivity index (χ3v) is 4.27. The van der Waals surface area contributed by atoms with Gasteiger partial charge in [-0.15, -0.1) is 0 Å². The van der Waals surface area contributed by atoms with Gasteiger partial charge in [-0.05, 0) is 30.7 Å². The summed E-state index contributed by atoms with van der Waals surface area (Å²) in [5.41, 5.74) is 2.01. The number of methoxy groups -OCH3 is 2. The average molecular weight is 372 g/mol. The van der Waals surface area contributed by atoms with Crippen LogP contribution in [0.15, 0.2) is 24.3 Å². The Morgan fingerprint density at radius 2 is 1.89 bits per heavy atom. The summed E-state index contributed by atoms with van der Waals surface area (Å²) in [5, 5.41) is 2.89. The molecule has 8 heteroatoms. The Bertz CT molecular complexity index is 806. The second-order valence-electron chi connectivity index (χ2n) is 6.17. The monoisotopic (exact) mass is 372 g/mol. The van der Waals surface area contributed by atoms with Gasteiger partial charge in [0, 0.05) is 25.3 Å². The molecule has 1 N–H and O–H groups in total. The summed E-state index contributed by atoms with van der Waals surface area (Å²) in [7, 11) is 3.17. The van der Waals surface area contributed by atoms with E-state index in [1.54, 1.807) is 20.3 Å². The van der Waals surface area contributed by atoms with Gasteiger partial charge in [0.25, 0.3) is 5.91 Å². The number of hydrogen-bond acceptors (Lipinski definition) is 7. The van der Waals surface area contributed by atoms with E-state index in [0.717, 1.165) is 24.3 Å². The maximum Gasteiger partial charge on any atom is 0.270 e. The van der Waals surface area contributed by atoms with E-state index in [4.69, 9.17) is 14.2 Å². The number of ether oxygens (including phenoxy) is 3. The number of hydrogen-bond donors (Lipinski definition) is 1. The summed E-state index contributed by atoms with van der Waals surface area (Å²) in [6.45, 7) is 4.93. The van der Waals surface area contributed by atoms with Gasteiger partial charge in [-0.3, -0.25) is 4.79 Å². The lowest BCUT2D eigenvalue weighted by Gasteiger charge is -2.27. The van der Waals surface area contributed by atoms with Crippen molar-refractivity contribution in [1.82, 2.24) is 15.3 Å². The fourth-order valence-electron chi connectivity index (χ4n) is 2.84. The molecule has 27 heavy (non-hydrogen) atoms. The van der Waals surface area contributed by atoms with Gasteiger partial charge >= 0.3 is 0 Å². The fourth-order valence-corrected chi connectivity index (χ4v) is 2.84. The summed E-state index contributed by atoms with van der Waals surface area (Å²) >= 11 is 0. The Kier molecular flexibility index (Phi) is 6.08. The van der Waals surface area contributed by atoms with Gasteiger partial charge in [-0.1, -0.05) is 6.07 Å². The first-order valence-electron chi connectivity index (χ1n) is 8.78. The Morgan fingerprint density at radius 3 is 2.59 bits per heavy atom. The molecular weight excluding hydrogens is 348 g/mol. The second-order valence-corrected chi connectivity index (χ2v) is 6.17. The number of amides is 1. The molecule has 2 aromatic rings. The minimum absolute atomic E-state index is 0.246. The Balaban J connectivity index is 1.70. The summed E-state index contributed by atoms with van der Waals surface area (Å²) in [6, 6.07) is 7.22. The normalized spacial score (nSPS) is 14.0. The predicted molar refractivity (Wildman–Crippen MR) is 101 cm³/mol. The number of rotatable bonds is 6. The van der Waals surface area contributed by atoms with Crippen molar-refractivity contribution in [3.05, 3.63) is 41.2 Å². The van der Waals surface area contributed by atoms with Crippen molar-refractivity contribution in [1.29, 1.82) is 0 Å². The molecule has 0 atom stereocenters. The predicted octanol–water partition coefficient (Wildman–Crippen LogP) is 1.57. The molecule has 0 radical (unpaired) electrons. The zero-order chi connectivity index (χ0) is 19.2. The lowest BCUT2D eigenvalue weighted by molar-refractivity contribution is 0.0945. The van der Waals surface area contributed by atoms with Crippen molar-refractivity contribution in [2.75, 3.05) is 45.4 Å². The minimum atomic E-state index is -0.246. The minimum Gasteiger partial charge on any atom is -0.493 e. The van der Waals surface area contributed by atoms with Crippen molar-refractivity contribution in [3.8, 4) is 11.5 Å². The molecule has 1 aromatic heterocycles. The van der Waals surface area contributed by atoms with Crippen LogP contribution in [-0.2, 0) is 11.3 Å². The Hall–Kier alpha value is -2.87. The molecule has 144 valence electrons. The first-order chi connectivity index (χ1) is 13.1. The molecule has 1 amide bonds. The first kappa shape index (κ1) is 18.9. The first-order valence-corrected chi connectivity index (χ1v) is 8.78. The number of nitrogens with one attached hydrogen (secondary N) is 1. The Morgan fingerprint density at radius 1 is 1.15 bits per heavy atom. The van der Waals surface area contributed by atoms with E-state index in [1.807, 2.05) is 30.0 Å². The molecule has 0 unspecified atom stereocenters. The molecule has 2 heterocycles. The molecule has 8 nitrogen and oxygen atoms in total. The van der Waals surface area contributed by atoms with E-state index < -0.39 is 0 Å². The van der Waals surface area contributed by atoms with Gasteiger partial charge < -0.3 is 24.4 Å². The van der Waals surface area contributed by atoms with Gasteiger partial charge in [0.05, 0.1) is 27.4 Å². The molecule has 1 aliphatic rings. The number of carbonyl (C=O) groups excluding carboxylic acids is 1. The van der Waals surface area contributed by atoms with Gasteiger partial charge in [-0.25, -0.2) is 9.97 Å². The molecule has 3 rings (SSSR count). The number of aromatic nitrogens is 2. The number of anilines is 1. The van der Waals surface area contributed by atoms with Crippen LogP contribution in [0.3, 0.4) is 0 Å². The van der Waals surface area contributed by atoms with Crippen LogP contribution >= 0.6 is 0 Å². The lowest BCUT2D eigenvalue weighted by Crippen LogP contribution is -2.38. The number of carbonyl (C=O) groups is 1. The molecule has 0 bridgehead atoms. The number of benzene rings is 1. The van der Waals surface area contributed by atoms with E-state index >= 15 is 0 Å². The topological polar surface area (TPSA) is 85.8 Å². The zero-order valence-electron chi connectivity index (χ0n) is 15.8. The SMILES string of the molecule is COc1ccc(CNC(=O)c2cc(C)nc(N3CCOCC3)n2)cc1OC. The quantitative estimate of drug-likeness (QED) is 0.824. The van der Waals surface area contributed by atoms with Crippen molar-refractivity contribution < 1.29 is 19.0 Å². The van der Waals surface area contributed by atoms with Crippen LogP contribution < -0.4 is 19.7 Å². The molecule has 1 aliphatic heterocycles. The summed E-state index contributed by atoms with van der Waals surface area (Å²) < 4.78 is 15.9. The molecular formula is C19H24N4O4. The van der Waals surface area contributed by atoms with E-state index in [-0.39, 0.29) is 5.91 Å². The van der Waals surface area contributed by atoms with Gasteiger partial charge in [-0.2, -0.15) is 0 Å². The van der Waals surface area contributed by atoms with Crippen LogP contribution in [0.1, 0.15) is 21.7 Å². The molecule has 0 saturated carbocycles. The van der Waals surface area contributed by atoms with Crippen molar-refractivity contribution in [3.63, 3.8) is 0 Å². The maximum absolute atomic E-state index is 12.6. The maximum atomic E-state index is 12.6. The molecule has 0 aliphatic carbocycles. The van der Waals surface area contributed by atoms with Crippen LogP contribution in [0.25, 0.3) is 0 Å². The summed E-state index contributed by atoms with van der Waals surface area (Å²) in [5.74, 6) is 1.59. The number of nitrogens with zero attached hydrogens (tertiary/aromatic N) is 3. The van der Waals surface area contributed by atoms with Crippen molar-refractivity contribution in [2.45, 2.75) is 13.5 Å². The summed E-state index contributed by atoms with van der Waals surface area (Å²) in [4.78, 5) is 23.5. The van der Waals surface area contributed by atoms with Crippen LogP contribution in [0.4, 0.5) is 5.95 Å². The summed E-state index contributed by atoms with van der Waals surface area (Å²) in [6.07, 6.45) is 0. The van der Waals surface area contributed by atoms with Crippen molar-refractivity contribution in [2.24, 2.45) is 0 Å². The number of morpholine rings is 1. The zero-order valence-corrected chi connectivity index (χ0v) is 15.8. The average Bonchev–Trinajstić information content (AvgIpc) is 2.71. The largest absolute Gasteiger partial charge is 0.493 e. The van der Waals surface area contributed by atoms with Gasteiger partial charge in [0.15, 0.2) is 11.5 Å². The van der Waals surface area contributed by atoms with Gasteiger partial charge in [0.1, 0.15) is 5.69 Å². The highest BCUT2D eigenvalue weighted by molar-refractivity contribution is 5.92. The van der Waals surface area contributed by atoms with E-state index in [1.165, 1.54) is 0 Å². The Labute approximate surface area is 158 Å². The smallest absolute Gasteiger partial charge is 0.270 e. The van der Waals surface area contributed by atoms with E-state index in [2.05, 4.69) is 15.3 Å². The van der Waals surface area contributed by atoms with Gasteiger partial charge in [0.2, 0.25) is 5.95 Å². The number of aryl methyl sites for hydroxylation is 1. The third kappa shape index (κ3) is 4.65. The van der Waals surface area contributed by atoms with Crippen molar-refractivity contribution >= 4 is 11.9 Å². The molecule has 0 spiro atoms. The third-order valence-electron chi connectivity index (χ3n) is 4.27.